The Morgan fingerprint density at radius 1 is 1.73 bits per heavy atom. The maximum absolute atomic E-state index is 10.4. The molecular weight excluding hydrogens is 210 g/mol. The molecule has 1 rings (SSSR count). The van der Waals surface area contributed by atoms with Crippen LogP contribution in [0.2, 0.25) is 0 Å². The van der Waals surface area contributed by atoms with Crippen LogP contribution in [0.3, 0.4) is 0 Å². The summed E-state index contributed by atoms with van der Waals surface area (Å²) in [5, 5.41) is 0. The lowest BCUT2D eigenvalue weighted by Gasteiger charge is -2.01. The fourth-order valence-corrected chi connectivity index (χ4v) is 1.04. The summed E-state index contributed by atoms with van der Waals surface area (Å²) in [6, 6.07) is 1.60. The van der Waals surface area contributed by atoms with Gasteiger partial charge in [0, 0.05) is 0 Å². The minimum atomic E-state index is 0.489. The molecule has 0 amide bonds. The van der Waals surface area contributed by atoms with Gasteiger partial charge in [0.1, 0.15) is 10.4 Å². The normalized spacial score (nSPS) is 9.27. The first-order valence-corrected chi connectivity index (χ1v) is 3.72. The number of carbonyl (C=O) groups excluding carboxylic acids is 1. The zero-order chi connectivity index (χ0) is 8.27. The molecule has 0 aliphatic heterocycles. The first kappa shape index (κ1) is 8.20. The van der Waals surface area contributed by atoms with Gasteiger partial charge < -0.3 is 4.74 Å². The van der Waals surface area contributed by atoms with Gasteiger partial charge in [-0.1, -0.05) is 0 Å². The first-order chi connectivity index (χ1) is 5.27. The summed E-state index contributed by atoms with van der Waals surface area (Å²) in [6.07, 6.45) is 2.22. The number of nitrogens with zero attached hydrogens (tertiary/aromatic N) is 1. The van der Waals surface area contributed by atoms with Gasteiger partial charge in [-0.25, -0.2) is 4.98 Å². The molecule has 0 fully saturated rings. The van der Waals surface area contributed by atoms with Crippen LogP contribution in [0, 0.1) is 0 Å². The van der Waals surface area contributed by atoms with Crippen LogP contribution >= 0.6 is 15.9 Å². The Morgan fingerprint density at radius 2 is 2.45 bits per heavy atom. The monoisotopic (exact) mass is 215 g/mol. The molecule has 11 heavy (non-hydrogen) atoms. The maximum atomic E-state index is 10.4. The average molecular weight is 216 g/mol. The van der Waals surface area contributed by atoms with E-state index < -0.39 is 0 Å². The molecule has 0 aliphatic carbocycles. The Hall–Kier alpha value is -0.900. The van der Waals surface area contributed by atoms with Crippen molar-refractivity contribution in [3.8, 4) is 5.75 Å². The zero-order valence-corrected chi connectivity index (χ0v) is 7.46. The molecule has 0 atom stereocenters. The highest BCUT2D eigenvalue weighted by atomic mass is 79.9. The van der Waals surface area contributed by atoms with E-state index in [0.29, 0.717) is 15.9 Å². The molecule has 4 heteroatoms. The van der Waals surface area contributed by atoms with E-state index in [2.05, 4.69) is 20.9 Å². The molecule has 0 unspecified atom stereocenters. The molecule has 0 radical (unpaired) electrons. The van der Waals surface area contributed by atoms with Crippen molar-refractivity contribution in [2.24, 2.45) is 0 Å². The second-order valence-electron chi connectivity index (χ2n) is 1.87. The van der Waals surface area contributed by atoms with Gasteiger partial charge in [-0.15, -0.1) is 0 Å². The van der Waals surface area contributed by atoms with Gasteiger partial charge in [0.05, 0.1) is 18.9 Å². The van der Waals surface area contributed by atoms with E-state index in [-0.39, 0.29) is 0 Å². The molecule has 0 saturated carbocycles. The smallest absolute Gasteiger partial charge is 0.153 e. The van der Waals surface area contributed by atoms with E-state index >= 15 is 0 Å². The molecule has 0 N–H and O–H groups in total. The number of ether oxygens (including phenoxy) is 1. The maximum Gasteiger partial charge on any atom is 0.153 e. The van der Waals surface area contributed by atoms with Crippen LogP contribution in [0.25, 0.3) is 0 Å². The molecule has 1 aromatic heterocycles. The van der Waals surface area contributed by atoms with Crippen molar-refractivity contribution in [3.05, 3.63) is 22.4 Å². The van der Waals surface area contributed by atoms with Gasteiger partial charge in [0.25, 0.3) is 0 Å². The standard InChI is InChI=1S/C7H6BrNO2/c1-11-6-3-9-7(8)2-5(6)4-10/h2-4H,1H3. The van der Waals surface area contributed by atoms with Crippen molar-refractivity contribution < 1.29 is 9.53 Å². The molecule has 0 spiro atoms. The van der Waals surface area contributed by atoms with E-state index in [4.69, 9.17) is 4.74 Å². The lowest BCUT2D eigenvalue weighted by molar-refractivity contribution is 0.112. The number of halogens is 1. The fraction of sp³-hybridized carbons (Fsp3) is 0.143. The second-order valence-corrected chi connectivity index (χ2v) is 2.68. The van der Waals surface area contributed by atoms with Crippen molar-refractivity contribution >= 4 is 22.2 Å². The van der Waals surface area contributed by atoms with Crippen LogP contribution in [0.1, 0.15) is 10.4 Å². The number of aldehydes is 1. The number of pyridine rings is 1. The van der Waals surface area contributed by atoms with E-state index in [1.54, 1.807) is 6.07 Å². The molecule has 0 aromatic carbocycles. The molecular formula is C7H6BrNO2. The minimum absolute atomic E-state index is 0.489. The summed E-state index contributed by atoms with van der Waals surface area (Å²) in [5.74, 6) is 0.489. The second kappa shape index (κ2) is 3.48. The predicted molar refractivity (Wildman–Crippen MR) is 43.9 cm³/mol. The number of rotatable bonds is 2. The predicted octanol–water partition coefficient (Wildman–Crippen LogP) is 1.67. The Morgan fingerprint density at radius 3 is 3.00 bits per heavy atom. The van der Waals surface area contributed by atoms with Crippen LogP contribution in [-0.2, 0) is 0 Å². The summed E-state index contributed by atoms with van der Waals surface area (Å²) in [4.78, 5) is 14.3. The quantitative estimate of drug-likeness (QED) is 0.557. The molecule has 3 nitrogen and oxygen atoms in total. The van der Waals surface area contributed by atoms with Gasteiger partial charge in [0.15, 0.2) is 6.29 Å². The molecule has 0 bridgehead atoms. The summed E-state index contributed by atoms with van der Waals surface area (Å²) in [7, 11) is 1.50. The van der Waals surface area contributed by atoms with E-state index in [1.807, 2.05) is 0 Å². The number of aromatic nitrogens is 1. The third-order valence-corrected chi connectivity index (χ3v) is 1.64. The van der Waals surface area contributed by atoms with E-state index in [0.717, 1.165) is 6.29 Å². The molecule has 0 saturated heterocycles. The van der Waals surface area contributed by atoms with Crippen molar-refractivity contribution in [1.29, 1.82) is 0 Å². The third-order valence-electron chi connectivity index (χ3n) is 1.21. The fourth-order valence-electron chi connectivity index (χ4n) is 0.694. The summed E-state index contributed by atoms with van der Waals surface area (Å²) in [5.41, 5.74) is 0.495. The van der Waals surface area contributed by atoms with E-state index in [1.165, 1.54) is 13.3 Å². The molecule has 0 aliphatic rings. The van der Waals surface area contributed by atoms with Crippen LogP contribution in [-0.4, -0.2) is 18.4 Å². The summed E-state index contributed by atoms with van der Waals surface area (Å²) >= 11 is 3.14. The largest absolute Gasteiger partial charge is 0.494 e. The highest BCUT2D eigenvalue weighted by Crippen LogP contribution is 2.17. The van der Waals surface area contributed by atoms with Gasteiger partial charge in [-0.3, -0.25) is 4.79 Å². The topological polar surface area (TPSA) is 39.2 Å². The molecule has 1 heterocycles. The Kier molecular flexibility index (Phi) is 2.59. The van der Waals surface area contributed by atoms with Crippen LogP contribution < -0.4 is 4.74 Å². The highest BCUT2D eigenvalue weighted by molar-refractivity contribution is 9.10. The summed E-state index contributed by atoms with van der Waals surface area (Å²) < 4.78 is 5.50. The first-order valence-electron chi connectivity index (χ1n) is 2.92. The number of methoxy groups -OCH3 is 1. The lowest BCUT2D eigenvalue weighted by Crippen LogP contribution is -1.91. The number of hydrogen-bond donors (Lipinski definition) is 0. The Balaban J connectivity index is 3.16. The van der Waals surface area contributed by atoms with Crippen LogP contribution in [0.4, 0.5) is 0 Å². The van der Waals surface area contributed by atoms with Gasteiger partial charge in [-0.05, 0) is 22.0 Å². The van der Waals surface area contributed by atoms with Crippen molar-refractivity contribution in [2.75, 3.05) is 7.11 Å². The third kappa shape index (κ3) is 1.77. The van der Waals surface area contributed by atoms with Gasteiger partial charge >= 0.3 is 0 Å². The molecule has 58 valence electrons. The van der Waals surface area contributed by atoms with Crippen molar-refractivity contribution in [1.82, 2.24) is 4.98 Å². The van der Waals surface area contributed by atoms with Crippen LogP contribution in [0.15, 0.2) is 16.9 Å². The average Bonchev–Trinajstić information content (AvgIpc) is 2.04. The lowest BCUT2D eigenvalue weighted by atomic mass is 10.3. The Bertz CT molecular complexity index is 275. The Labute approximate surface area is 72.5 Å². The number of hydrogen-bond acceptors (Lipinski definition) is 3. The summed E-state index contributed by atoms with van der Waals surface area (Å²) in [6.45, 7) is 0. The van der Waals surface area contributed by atoms with Crippen molar-refractivity contribution in [2.45, 2.75) is 0 Å². The van der Waals surface area contributed by atoms with Gasteiger partial charge in [-0.2, -0.15) is 0 Å². The van der Waals surface area contributed by atoms with Gasteiger partial charge in [0.2, 0.25) is 0 Å². The highest BCUT2D eigenvalue weighted by Gasteiger charge is 2.01. The molecule has 1 aromatic rings. The number of carbonyl (C=O) groups is 1. The zero-order valence-electron chi connectivity index (χ0n) is 5.87. The van der Waals surface area contributed by atoms with Crippen LogP contribution in [0.5, 0.6) is 5.75 Å². The van der Waals surface area contributed by atoms with Crippen molar-refractivity contribution in [3.63, 3.8) is 0 Å². The SMILES string of the molecule is COc1cnc(Br)cc1C=O. The minimum Gasteiger partial charge on any atom is -0.494 e. The van der Waals surface area contributed by atoms with E-state index in [9.17, 15) is 4.79 Å².